The van der Waals surface area contributed by atoms with E-state index in [0.29, 0.717) is 5.70 Å². The quantitative estimate of drug-likeness (QED) is 0.285. The number of rotatable bonds is 1. The minimum Gasteiger partial charge on any atom is -0.399 e. The van der Waals surface area contributed by atoms with Gasteiger partial charge in [-0.25, -0.2) is 0 Å². The molecule has 0 aromatic rings. The zero-order valence-corrected chi connectivity index (χ0v) is 6.54. The molecule has 5 heteroatoms. The van der Waals surface area contributed by atoms with Gasteiger partial charge in [0, 0.05) is 24.5 Å². The Kier molecular flexibility index (Phi) is 2.03. The Morgan fingerprint density at radius 2 is 1.73 bits per heavy atom. The van der Waals surface area contributed by atoms with Crippen LogP contribution in [0.4, 0.5) is 0 Å². The van der Waals surface area contributed by atoms with E-state index in [9.17, 15) is 0 Å². The van der Waals surface area contributed by atoms with Gasteiger partial charge in [0.25, 0.3) is 0 Å². The van der Waals surface area contributed by atoms with Gasteiger partial charge < -0.3 is 28.3 Å². The van der Waals surface area contributed by atoms with Crippen molar-refractivity contribution in [1.82, 2.24) is 5.32 Å². The summed E-state index contributed by atoms with van der Waals surface area (Å²) < 4.78 is 0. The minimum atomic E-state index is -0.313. The Hall–Kier alpha value is -0.780. The van der Waals surface area contributed by atoms with Crippen molar-refractivity contribution < 1.29 is 0 Å². The molecule has 0 amide bonds. The molecule has 0 aromatic heterocycles. The summed E-state index contributed by atoms with van der Waals surface area (Å²) in [5, 5.41) is 2.89. The predicted molar refractivity (Wildman–Crippen MR) is 44.2 cm³/mol. The first kappa shape index (κ1) is 8.32. The van der Waals surface area contributed by atoms with Gasteiger partial charge in [-0.3, -0.25) is 0 Å². The van der Waals surface area contributed by atoms with Crippen molar-refractivity contribution in [3.63, 3.8) is 0 Å². The van der Waals surface area contributed by atoms with Crippen molar-refractivity contribution >= 4 is 0 Å². The third kappa shape index (κ3) is 1.07. The fourth-order valence-corrected chi connectivity index (χ4v) is 1.31. The first-order valence-electron chi connectivity index (χ1n) is 3.53. The van der Waals surface area contributed by atoms with Crippen LogP contribution in [0, 0.1) is 0 Å². The number of hydrogen-bond acceptors (Lipinski definition) is 5. The van der Waals surface area contributed by atoms with Crippen LogP contribution in [0.15, 0.2) is 11.4 Å². The molecular formula is C6H15N5. The molecule has 0 aliphatic heterocycles. The van der Waals surface area contributed by atoms with Crippen LogP contribution in [0.2, 0.25) is 0 Å². The molecule has 9 N–H and O–H groups in total. The highest BCUT2D eigenvalue weighted by Crippen LogP contribution is 2.16. The molecule has 0 saturated carbocycles. The van der Waals surface area contributed by atoms with Crippen LogP contribution in [0.25, 0.3) is 0 Å². The standard InChI is InChI=1S/C6H15N5/c1-11-6-4(9)2(7)3(8)5(6)10/h2-4,11H,7-10H2,1H3. The zero-order valence-electron chi connectivity index (χ0n) is 6.54. The van der Waals surface area contributed by atoms with E-state index in [-0.39, 0.29) is 18.1 Å². The summed E-state index contributed by atoms with van der Waals surface area (Å²) in [6.07, 6.45) is 0. The Morgan fingerprint density at radius 3 is 1.91 bits per heavy atom. The van der Waals surface area contributed by atoms with E-state index >= 15 is 0 Å². The summed E-state index contributed by atoms with van der Waals surface area (Å²) in [5.41, 5.74) is 24.0. The highest BCUT2D eigenvalue weighted by molar-refractivity contribution is 5.31. The minimum absolute atomic E-state index is 0.255. The van der Waals surface area contributed by atoms with Gasteiger partial charge in [-0.1, -0.05) is 0 Å². The Balaban J connectivity index is 2.88. The van der Waals surface area contributed by atoms with Crippen molar-refractivity contribution in [3.05, 3.63) is 11.4 Å². The van der Waals surface area contributed by atoms with E-state index in [1.807, 2.05) is 0 Å². The van der Waals surface area contributed by atoms with Crippen molar-refractivity contribution in [1.29, 1.82) is 0 Å². The molecule has 0 saturated heterocycles. The molecular weight excluding hydrogens is 142 g/mol. The van der Waals surface area contributed by atoms with Crippen molar-refractivity contribution in [2.45, 2.75) is 18.1 Å². The predicted octanol–water partition coefficient (Wildman–Crippen LogP) is -2.63. The van der Waals surface area contributed by atoms with Crippen LogP contribution in [0.5, 0.6) is 0 Å². The number of nitrogens with two attached hydrogens (primary N) is 4. The number of hydrogen-bond donors (Lipinski definition) is 5. The summed E-state index contributed by atoms with van der Waals surface area (Å²) in [6.45, 7) is 0. The van der Waals surface area contributed by atoms with Gasteiger partial charge in [0.05, 0.1) is 12.1 Å². The molecule has 0 aromatic carbocycles. The summed E-state index contributed by atoms with van der Waals surface area (Å²) in [6, 6.07) is -0.833. The summed E-state index contributed by atoms with van der Waals surface area (Å²) >= 11 is 0. The molecule has 5 nitrogen and oxygen atoms in total. The Labute approximate surface area is 65.8 Å². The molecule has 0 radical (unpaired) electrons. The molecule has 1 rings (SSSR count). The fourth-order valence-electron chi connectivity index (χ4n) is 1.31. The number of nitrogens with one attached hydrogen (secondary N) is 1. The second kappa shape index (κ2) is 2.69. The van der Waals surface area contributed by atoms with E-state index in [2.05, 4.69) is 5.32 Å². The molecule has 64 valence electrons. The van der Waals surface area contributed by atoms with Gasteiger partial charge in [-0.05, 0) is 0 Å². The smallest absolute Gasteiger partial charge is 0.0635 e. The molecule has 0 bridgehead atoms. The average Bonchev–Trinajstić information content (AvgIpc) is 2.17. The van der Waals surface area contributed by atoms with Gasteiger partial charge in [0.2, 0.25) is 0 Å². The maximum atomic E-state index is 5.71. The highest BCUT2D eigenvalue weighted by atomic mass is 15.0. The summed E-state index contributed by atoms with van der Waals surface area (Å²) in [4.78, 5) is 0. The van der Waals surface area contributed by atoms with Crippen molar-refractivity contribution in [2.75, 3.05) is 7.05 Å². The van der Waals surface area contributed by atoms with Gasteiger partial charge in [-0.15, -0.1) is 0 Å². The van der Waals surface area contributed by atoms with Gasteiger partial charge in [0.1, 0.15) is 0 Å². The molecule has 3 unspecified atom stereocenters. The van der Waals surface area contributed by atoms with E-state index in [4.69, 9.17) is 22.9 Å². The number of likely N-dealkylation sites (N-methyl/N-ethyl adjacent to an activating group) is 1. The summed E-state index contributed by atoms with van der Waals surface area (Å²) in [5.74, 6) is 0. The highest BCUT2D eigenvalue weighted by Gasteiger charge is 2.34. The Bertz CT molecular complexity index is 187. The van der Waals surface area contributed by atoms with Crippen LogP contribution in [0.1, 0.15) is 0 Å². The lowest BCUT2D eigenvalue weighted by Gasteiger charge is -2.15. The fraction of sp³-hybridized carbons (Fsp3) is 0.667. The second-order valence-electron chi connectivity index (χ2n) is 2.75. The van der Waals surface area contributed by atoms with Crippen LogP contribution < -0.4 is 28.3 Å². The van der Waals surface area contributed by atoms with E-state index < -0.39 is 0 Å². The molecule has 11 heavy (non-hydrogen) atoms. The third-order valence-corrected chi connectivity index (χ3v) is 2.10. The second-order valence-corrected chi connectivity index (χ2v) is 2.75. The van der Waals surface area contributed by atoms with Crippen molar-refractivity contribution in [2.24, 2.45) is 22.9 Å². The van der Waals surface area contributed by atoms with Gasteiger partial charge >= 0.3 is 0 Å². The van der Waals surface area contributed by atoms with Gasteiger partial charge in [-0.2, -0.15) is 0 Å². The zero-order chi connectivity index (χ0) is 8.59. The molecule has 1 aliphatic rings. The lowest BCUT2D eigenvalue weighted by Crippen LogP contribution is -2.50. The lowest BCUT2D eigenvalue weighted by atomic mass is 10.1. The topological polar surface area (TPSA) is 116 Å². The maximum Gasteiger partial charge on any atom is 0.0635 e. The van der Waals surface area contributed by atoms with E-state index in [1.54, 1.807) is 7.05 Å². The van der Waals surface area contributed by atoms with Crippen LogP contribution in [-0.2, 0) is 0 Å². The van der Waals surface area contributed by atoms with E-state index in [0.717, 1.165) is 5.70 Å². The largest absolute Gasteiger partial charge is 0.399 e. The molecule has 3 atom stereocenters. The molecule has 0 spiro atoms. The first-order chi connectivity index (χ1) is 5.09. The SMILES string of the molecule is CNC1=C(N)C(N)C(N)C1N. The molecule has 1 aliphatic carbocycles. The third-order valence-electron chi connectivity index (χ3n) is 2.10. The first-order valence-corrected chi connectivity index (χ1v) is 3.53. The Morgan fingerprint density at radius 1 is 1.18 bits per heavy atom. The molecule has 0 fully saturated rings. The monoisotopic (exact) mass is 157 g/mol. The van der Waals surface area contributed by atoms with Gasteiger partial charge in [0.15, 0.2) is 0 Å². The van der Waals surface area contributed by atoms with Crippen molar-refractivity contribution in [3.8, 4) is 0 Å². The average molecular weight is 157 g/mol. The summed E-state index contributed by atoms with van der Waals surface area (Å²) in [7, 11) is 1.76. The van der Waals surface area contributed by atoms with Crippen LogP contribution in [0.3, 0.4) is 0 Å². The normalized spacial score (nSPS) is 38.0. The maximum absolute atomic E-state index is 5.71. The van der Waals surface area contributed by atoms with E-state index in [1.165, 1.54) is 0 Å². The molecule has 0 heterocycles. The van der Waals surface area contributed by atoms with Crippen LogP contribution in [-0.4, -0.2) is 25.2 Å². The lowest BCUT2D eigenvalue weighted by molar-refractivity contribution is 0.552. The van der Waals surface area contributed by atoms with Crippen LogP contribution >= 0.6 is 0 Å².